The van der Waals surface area contributed by atoms with Gasteiger partial charge in [-0.25, -0.2) is 15.0 Å². The summed E-state index contributed by atoms with van der Waals surface area (Å²) < 4.78 is 4.36. The van der Waals surface area contributed by atoms with E-state index in [0.717, 1.165) is 34.4 Å². The first-order valence-corrected chi connectivity index (χ1v) is 11.4. The molecule has 0 aliphatic rings. The Morgan fingerprint density at radius 2 is 1.06 bits per heavy atom. The van der Waals surface area contributed by atoms with Gasteiger partial charge in [0.2, 0.25) is 5.95 Å². The molecule has 0 saturated carbocycles. The lowest BCUT2D eigenvalue weighted by molar-refractivity contribution is 0.812. The Hall–Kier alpha value is -4.51. The molecule has 34 heavy (non-hydrogen) atoms. The predicted molar refractivity (Wildman–Crippen MR) is 138 cm³/mol. The number of nitrogens with zero attached hydrogens (tertiary/aromatic N) is 5. The van der Waals surface area contributed by atoms with Crippen molar-refractivity contribution in [2.75, 3.05) is 0 Å². The van der Waals surface area contributed by atoms with E-state index in [1.54, 1.807) is 0 Å². The maximum atomic E-state index is 4.87. The highest BCUT2D eigenvalue weighted by atomic mass is 15.2. The summed E-state index contributed by atoms with van der Waals surface area (Å²) in [7, 11) is 0. The number of rotatable bonds is 6. The molecule has 0 bridgehead atoms. The van der Waals surface area contributed by atoms with Crippen LogP contribution in [0.4, 0.5) is 5.95 Å². The number of para-hydroxylation sites is 4. The molecule has 0 spiro atoms. The zero-order valence-electron chi connectivity index (χ0n) is 18.6. The minimum absolute atomic E-state index is 0.670. The van der Waals surface area contributed by atoms with Gasteiger partial charge in [-0.2, -0.15) is 0 Å². The lowest BCUT2D eigenvalue weighted by Gasteiger charge is -2.08. The molecule has 5 heteroatoms. The molecule has 6 aromatic rings. The predicted octanol–water partition coefficient (Wildman–Crippen LogP) is 6.23. The first-order valence-electron chi connectivity index (χ1n) is 11.4. The Balaban J connectivity index is 1.43. The summed E-state index contributed by atoms with van der Waals surface area (Å²) >= 11 is 0. The number of imidazole rings is 2. The quantitative estimate of drug-likeness (QED) is 0.288. The average Bonchev–Trinajstić information content (AvgIpc) is 3.42. The molecule has 0 saturated heterocycles. The molecular formula is C29H23N5. The second kappa shape index (κ2) is 8.79. The third kappa shape index (κ3) is 3.88. The van der Waals surface area contributed by atoms with E-state index in [4.69, 9.17) is 15.0 Å². The standard InChI is InChI=1S/C29H23N5/c1-3-11-22(12-4-1)20-33-26-17-9-7-15-24(26)31-28(33)19-30-29-32-25-16-8-10-18-27(25)34(29)21-23-13-5-2-6-14-23/h1-19H,20-21H2. The highest BCUT2D eigenvalue weighted by Gasteiger charge is 2.12. The van der Waals surface area contributed by atoms with Crippen LogP contribution >= 0.6 is 0 Å². The lowest BCUT2D eigenvalue weighted by atomic mass is 10.2. The Bertz CT molecular complexity index is 1470. The highest BCUT2D eigenvalue weighted by molar-refractivity contribution is 5.87. The molecule has 0 fully saturated rings. The number of aliphatic imine (C=N–C) groups is 1. The molecule has 0 aliphatic heterocycles. The Kier molecular flexibility index (Phi) is 5.20. The van der Waals surface area contributed by atoms with Crippen molar-refractivity contribution in [2.24, 2.45) is 4.99 Å². The van der Waals surface area contributed by atoms with Gasteiger partial charge < -0.3 is 9.13 Å². The van der Waals surface area contributed by atoms with Gasteiger partial charge in [-0.05, 0) is 35.4 Å². The summed E-state index contributed by atoms with van der Waals surface area (Å²) in [4.78, 5) is 14.5. The Morgan fingerprint density at radius 1 is 0.559 bits per heavy atom. The van der Waals surface area contributed by atoms with E-state index in [0.29, 0.717) is 12.5 Å². The first-order chi connectivity index (χ1) is 16.8. The summed E-state index contributed by atoms with van der Waals surface area (Å²) in [5, 5.41) is 0. The van der Waals surface area contributed by atoms with Crippen LogP contribution in [0.1, 0.15) is 17.0 Å². The average molecular weight is 442 g/mol. The Labute approximate surface area is 197 Å². The first kappa shape index (κ1) is 20.1. The Morgan fingerprint density at radius 3 is 1.71 bits per heavy atom. The van der Waals surface area contributed by atoms with Gasteiger partial charge in [-0.1, -0.05) is 84.9 Å². The van der Waals surface area contributed by atoms with Crippen LogP contribution in [-0.4, -0.2) is 25.3 Å². The zero-order valence-corrected chi connectivity index (χ0v) is 18.6. The van der Waals surface area contributed by atoms with Crippen LogP contribution < -0.4 is 0 Å². The summed E-state index contributed by atoms with van der Waals surface area (Å²) in [6.45, 7) is 1.43. The fourth-order valence-corrected chi connectivity index (χ4v) is 4.32. The van der Waals surface area contributed by atoms with E-state index < -0.39 is 0 Å². The summed E-state index contributed by atoms with van der Waals surface area (Å²) in [5.74, 6) is 1.48. The van der Waals surface area contributed by atoms with Crippen LogP contribution in [0.5, 0.6) is 0 Å². The molecule has 5 nitrogen and oxygen atoms in total. The van der Waals surface area contributed by atoms with Crippen LogP contribution in [-0.2, 0) is 13.1 Å². The van der Waals surface area contributed by atoms with Gasteiger partial charge in [0, 0.05) is 6.54 Å². The summed E-state index contributed by atoms with van der Waals surface area (Å²) in [6, 6.07) is 37.2. The van der Waals surface area contributed by atoms with Crippen molar-refractivity contribution in [3.05, 3.63) is 126 Å². The maximum Gasteiger partial charge on any atom is 0.230 e. The number of hydrogen-bond acceptors (Lipinski definition) is 3. The van der Waals surface area contributed by atoms with E-state index in [-0.39, 0.29) is 0 Å². The maximum absolute atomic E-state index is 4.87. The number of fused-ring (bicyclic) bond motifs is 2. The van der Waals surface area contributed by atoms with Gasteiger partial charge in [0.15, 0.2) is 5.82 Å². The second-order valence-electron chi connectivity index (χ2n) is 8.26. The largest absolute Gasteiger partial charge is 0.319 e. The normalized spacial score (nSPS) is 11.6. The van der Waals surface area contributed by atoms with Crippen molar-refractivity contribution in [3.8, 4) is 0 Å². The van der Waals surface area contributed by atoms with Crippen molar-refractivity contribution >= 4 is 34.2 Å². The van der Waals surface area contributed by atoms with Crippen LogP contribution in [0.15, 0.2) is 114 Å². The minimum Gasteiger partial charge on any atom is -0.319 e. The van der Waals surface area contributed by atoms with Crippen LogP contribution in [0.2, 0.25) is 0 Å². The van der Waals surface area contributed by atoms with Gasteiger partial charge in [0.05, 0.1) is 34.8 Å². The van der Waals surface area contributed by atoms with E-state index in [1.807, 2.05) is 54.7 Å². The van der Waals surface area contributed by atoms with Gasteiger partial charge in [-0.3, -0.25) is 0 Å². The molecule has 164 valence electrons. The van der Waals surface area contributed by atoms with E-state index in [1.165, 1.54) is 11.1 Å². The van der Waals surface area contributed by atoms with E-state index in [9.17, 15) is 0 Å². The second-order valence-corrected chi connectivity index (χ2v) is 8.26. The van der Waals surface area contributed by atoms with Gasteiger partial charge in [-0.15, -0.1) is 0 Å². The monoisotopic (exact) mass is 441 g/mol. The van der Waals surface area contributed by atoms with Crippen LogP contribution in [0, 0.1) is 0 Å². The van der Waals surface area contributed by atoms with Gasteiger partial charge in [0.25, 0.3) is 0 Å². The number of benzene rings is 4. The molecule has 0 radical (unpaired) electrons. The third-order valence-electron chi connectivity index (χ3n) is 5.98. The van der Waals surface area contributed by atoms with Crippen molar-refractivity contribution in [1.29, 1.82) is 0 Å². The highest BCUT2D eigenvalue weighted by Crippen LogP contribution is 2.24. The third-order valence-corrected chi connectivity index (χ3v) is 5.98. The zero-order chi connectivity index (χ0) is 22.7. The molecular weight excluding hydrogens is 418 g/mol. The number of hydrogen-bond donors (Lipinski definition) is 0. The molecule has 0 atom stereocenters. The fourth-order valence-electron chi connectivity index (χ4n) is 4.32. The molecule has 4 aromatic carbocycles. The summed E-state index contributed by atoms with van der Waals surface area (Å²) in [5.41, 5.74) is 6.47. The van der Waals surface area contributed by atoms with Crippen molar-refractivity contribution in [1.82, 2.24) is 19.1 Å². The molecule has 0 aliphatic carbocycles. The lowest BCUT2D eigenvalue weighted by Crippen LogP contribution is -2.05. The topological polar surface area (TPSA) is 48.0 Å². The van der Waals surface area contributed by atoms with Gasteiger partial charge >= 0.3 is 0 Å². The molecule has 2 heterocycles. The van der Waals surface area contributed by atoms with Crippen molar-refractivity contribution in [2.45, 2.75) is 13.1 Å². The minimum atomic E-state index is 0.670. The molecule has 6 rings (SSSR count). The SMILES string of the molecule is C(=Nc1nc2ccccc2n1Cc1ccccc1)c1nc2ccccc2n1Cc1ccccc1. The molecule has 0 amide bonds. The van der Waals surface area contributed by atoms with Crippen LogP contribution in [0.25, 0.3) is 22.1 Å². The van der Waals surface area contributed by atoms with Crippen molar-refractivity contribution < 1.29 is 0 Å². The smallest absolute Gasteiger partial charge is 0.230 e. The summed E-state index contributed by atoms with van der Waals surface area (Å²) in [6.07, 6.45) is 1.84. The molecule has 0 N–H and O–H groups in total. The van der Waals surface area contributed by atoms with Gasteiger partial charge in [0.1, 0.15) is 0 Å². The number of aromatic nitrogens is 4. The molecule has 0 unspecified atom stereocenters. The van der Waals surface area contributed by atoms with E-state index >= 15 is 0 Å². The van der Waals surface area contributed by atoms with E-state index in [2.05, 4.69) is 69.8 Å². The van der Waals surface area contributed by atoms with Crippen LogP contribution in [0.3, 0.4) is 0 Å². The fraction of sp³-hybridized carbons (Fsp3) is 0.0690. The molecule has 2 aromatic heterocycles. The van der Waals surface area contributed by atoms with Crippen molar-refractivity contribution in [3.63, 3.8) is 0 Å².